The Morgan fingerprint density at radius 1 is 1.40 bits per heavy atom. The summed E-state index contributed by atoms with van der Waals surface area (Å²) in [6.07, 6.45) is 2.38. The first-order chi connectivity index (χ1) is 7.08. The summed E-state index contributed by atoms with van der Waals surface area (Å²) in [4.78, 5) is 2.57. The van der Waals surface area contributed by atoms with Gasteiger partial charge in [0.05, 0.1) is 6.61 Å². The van der Waals surface area contributed by atoms with Gasteiger partial charge in [-0.2, -0.15) is 0 Å². The van der Waals surface area contributed by atoms with E-state index in [9.17, 15) is 0 Å². The molecule has 0 aromatic heterocycles. The van der Waals surface area contributed by atoms with Crippen LogP contribution in [0.1, 0.15) is 26.7 Å². The van der Waals surface area contributed by atoms with Gasteiger partial charge in [-0.05, 0) is 30.7 Å². The Balaban J connectivity index is 1.83. The fourth-order valence-electron chi connectivity index (χ4n) is 2.73. The molecule has 0 bridgehead atoms. The zero-order valence-corrected chi connectivity index (χ0v) is 10.0. The lowest BCUT2D eigenvalue weighted by atomic mass is 9.79. The molecule has 0 radical (unpaired) electrons. The van der Waals surface area contributed by atoms with Gasteiger partial charge in [-0.15, -0.1) is 0 Å². The molecule has 2 fully saturated rings. The lowest BCUT2D eigenvalue weighted by Gasteiger charge is -2.43. The van der Waals surface area contributed by atoms with Gasteiger partial charge in [0.1, 0.15) is 0 Å². The second-order valence-corrected chi connectivity index (χ2v) is 5.85. The van der Waals surface area contributed by atoms with Gasteiger partial charge in [-0.3, -0.25) is 0 Å². The lowest BCUT2D eigenvalue weighted by molar-refractivity contribution is 0.0785. The molecule has 2 saturated heterocycles. The van der Waals surface area contributed by atoms with E-state index in [4.69, 9.17) is 10.5 Å². The molecule has 2 atom stereocenters. The van der Waals surface area contributed by atoms with Gasteiger partial charge in [0.2, 0.25) is 0 Å². The van der Waals surface area contributed by atoms with Crippen LogP contribution in [0.5, 0.6) is 0 Å². The molecule has 0 aliphatic carbocycles. The van der Waals surface area contributed by atoms with Crippen LogP contribution in [0.3, 0.4) is 0 Å². The fraction of sp³-hybridized carbons (Fsp3) is 1.00. The molecule has 0 spiro atoms. The smallest absolute Gasteiger partial charge is 0.0507 e. The maximum absolute atomic E-state index is 6.13. The maximum atomic E-state index is 6.13. The van der Waals surface area contributed by atoms with Gasteiger partial charge < -0.3 is 15.4 Å². The van der Waals surface area contributed by atoms with E-state index in [1.54, 1.807) is 0 Å². The number of piperidine rings is 1. The van der Waals surface area contributed by atoms with Crippen LogP contribution in [0.2, 0.25) is 0 Å². The number of hydrogen-bond donors (Lipinski definition) is 1. The van der Waals surface area contributed by atoms with Gasteiger partial charge in [-0.25, -0.2) is 0 Å². The summed E-state index contributed by atoms with van der Waals surface area (Å²) in [6.45, 7) is 10.0. The van der Waals surface area contributed by atoms with E-state index in [-0.39, 0.29) is 5.41 Å². The third kappa shape index (κ3) is 2.71. The van der Waals surface area contributed by atoms with Gasteiger partial charge >= 0.3 is 0 Å². The Morgan fingerprint density at radius 3 is 2.80 bits per heavy atom. The predicted octanol–water partition coefficient (Wildman–Crippen LogP) is 1.08. The molecule has 88 valence electrons. The predicted molar refractivity (Wildman–Crippen MR) is 61.7 cm³/mol. The third-order valence-electron chi connectivity index (χ3n) is 3.93. The molecule has 2 unspecified atom stereocenters. The van der Waals surface area contributed by atoms with E-state index in [1.165, 1.54) is 19.5 Å². The van der Waals surface area contributed by atoms with Crippen LogP contribution < -0.4 is 5.73 Å². The summed E-state index contributed by atoms with van der Waals surface area (Å²) in [5.41, 5.74) is 6.41. The van der Waals surface area contributed by atoms with Crippen molar-refractivity contribution in [1.82, 2.24) is 4.90 Å². The topological polar surface area (TPSA) is 38.5 Å². The van der Waals surface area contributed by atoms with Gasteiger partial charge in [0, 0.05) is 25.7 Å². The minimum Gasteiger partial charge on any atom is -0.381 e. The number of nitrogens with two attached hydrogens (primary N) is 1. The molecule has 2 rings (SSSR count). The molecule has 2 aliphatic heterocycles. The van der Waals surface area contributed by atoms with Crippen LogP contribution in [-0.4, -0.2) is 43.8 Å². The van der Waals surface area contributed by atoms with Crippen molar-refractivity contribution in [3.63, 3.8) is 0 Å². The van der Waals surface area contributed by atoms with E-state index in [1.807, 2.05) is 0 Å². The van der Waals surface area contributed by atoms with Gasteiger partial charge in [0.15, 0.2) is 0 Å². The molecule has 3 heteroatoms. The van der Waals surface area contributed by atoms with E-state index in [0.717, 1.165) is 32.1 Å². The zero-order chi connectivity index (χ0) is 10.9. The number of likely N-dealkylation sites (tertiary alicyclic amines) is 1. The summed E-state index contributed by atoms with van der Waals surface area (Å²) in [6, 6.07) is 0.369. The second-order valence-electron chi connectivity index (χ2n) is 5.85. The van der Waals surface area contributed by atoms with Crippen LogP contribution in [0, 0.1) is 11.3 Å². The first kappa shape index (κ1) is 11.4. The minimum atomic E-state index is 0.276. The van der Waals surface area contributed by atoms with Crippen molar-refractivity contribution >= 4 is 0 Å². The first-order valence-electron chi connectivity index (χ1n) is 6.13. The molecule has 3 nitrogen and oxygen atoms in total. The highest BCUT2D eigenvalue weighted by atomic mass is 16.5. The van der Waals surface area contributed by atoms with Crippen LogP contribution >= 0.6 is 0 Å². The Hall–Kier alpha value is -0.120. The fourth-order valence-corrected chi connectivity index (χ4v) is 2.73. The van der Waals surface area contributed by atoms with Crippen molar-refractivity contribution in [2.45, 2.75) is 32.7 Å². The highest BCUT2D eigenvalue weighted by Gasteiger charge is 2.34. The molecule has 0 aromatic rings. The lowest BCUT2D eigenvalue weighted by Crippen LogP contribution is -2.53. The summed E-state index contributed by atoms with van der Waals surface area (Å²) in [5.74, 6) is 0.759. The van der Waals surface area contributed by atoms with Crippen LogP contribution in [0.25, 0.3) is 0 Å². The normalized spacial score (nSPS) is 37.0. The van der Waals surface area contributed by atoms with Gasteiger partial charge in [-0.1, -0.05) is 13.8 Å². The van der Waals surface area contributed by atoms with Gasteiger partial charge in [0.25, 0.3) is 0 Å². The average Bonchev–Trinajstić information content (AvgIpc) is 2.63. The van der Waals surface area contributed by atoms with Crippen LogP contribution in [0.15, 0.2) is 0 Å². The van der Waals surface area contributed by atoms with E-state index < -0.39 is 0 Å². The molecule has 2 aliphatic rings. The van der Waals surface area contributed by atoms with Crippen molar-refractivity contribution in [3.8, 4) is 0 Å². The van der Waals surface area contributed by atoms with Crippen molar-refractivity contribution in [3.05, 3.63) is 0 Å². The van der Waals surface area contributed by atoms with E-state index in [0.29, 0.717) is 6.04 Å². The van der Waals surface area contributed by atoms with Crippen molar-refractivity contribution in [2.75, 3.05) is 32.8 Å². The highest BCUT2D eigenvalue weighted by Crippen LogP contribution is 2.28. The SMILES string of the molecule is CC1(C)CN(CC2CCOC2)CCC1N. The maximum Gasteiger partial charge on any atom is 0.0507 e. The molecule has 0 amide bonds. The van der Waals surface area contributed by atoms with E-state index >= 15 is 0 Å². The minimum absolute atomic E-state index is 0.276. The van der Waals surface area contributed by atoms with Crippen LogP contribution in [-0.2, 0) is 4.74 Å². The molecule has 15 heavy (non-hydrogen) atoms. The molecule has 0 aromatic carbocycles. The van der Waals surface area contributed by atoms with E-state index in [2.05, 4.69) is 18.7 Å². The van der Waals surface area contributed by atoms with Crippen LogP contribution in [0.4, 0.5) is 0 Å². The molecule has 0 saturated carbocycles. The number of rotatable bonds is 2. The molecular formula is C12H24N2O. The number of ether oxygens (including phenoxy) is 1. The van der Waals surface area contributed by atoms with Crippen molar-refractivity contribution in [2.24, 2.45) is 17.1 Å². The highest BCUT2D eigenvalue weighted by molar-refractivity contribution is 4.90. The summed E-state index contributed by atoms with van der Waals surface area (Å²) < 4.78 is 5.42. The largest absolute Gasteiger partial charge is 0.381 e. The Labute approximate surface area is 93.0 Å². The number of nitrogens with zero attached hydrogens (tertiary/aromatic N) is 1. The summed E-state index contributed by atoms with van der Waals surface area (Å²) in [7, 11) is 0. The average molecular weight is 212 g/mol. The standard InChI is InChI=1S/C12H24N2O/c1-12(2)9-14(5-3-11(12)13)7-10-4-6-15-8-10/h10-11H,3-9,13H2,1-2H3. The Morgan fingerprint density at radius 2 is 2.20 bits per heavy atom. The third-order valence-corrected chi connectivity index (χ3v) is 3.93. The molecule has 2 N–H and O–H groups in total. The first-order valence-corrected chi connectivity index (χ1v) is 6.13. The molecule has 2 heterocycles. The quantitative estimate of drug-likeness (QED) is 0.744. The molecular weight excluding hydrogens is 188 g/mol. The summed E-state index contributed by atoms with van der Waals surface area (Å²) >= 11 is 0. The number of hydrogen-bond acceptors (Lipinski definition) is 3. The second kappa shape index (κ2) is 4.40. The van der Waals surface area contributed by atoms with Crippen molar-refractivity contribution in [1.29, 1.82) is 0 Å². The van der Waals surface area contributed by atoms with Crippen molar-refractivity contribution < 1.29 is 4.74 Å². The Bertz CT molecular complexity index is 212. The Kier molecular flexibility index (Phi) is 3.33. The monoisotopic (exact) mass is 212 g/mol. The zero-order valence-electron chi connectivity index (χ0n) is 10.0. The summed E-state index contributed by atoms with van der Waals surface area (Å²) in [5, 5.41) is 0.